The lowest BCUT2D eigenvalue weighted by Gasteiger charge is -2.24. The molecule has 116 valence electrons. The molecule has 0 bridgehead atoms. The minimum Gasteiger partial charge on any atom is -0.376 e. The van der Waals surface area contributed by atoms with Crippen LogP contribution in [-0.2, 0) is 14.6 Å². The third-order valence-electron chi connectivity index (χ3n) is 3.26. The second-order valence-electron chi connectivity index (χ2n) is 5.46. The monoisotopic (exact) mass is 318 g/mol. The summed E-state index contributed by atoms with van der Waals surface area (Å²) in [7, 11) is -3.11. The van der Waals surface area contributed by atoms with Crippen molar-refractivity contribution < 1.29 is 22.0 Å². The SMILES string of the molecule is CC1(NC(=O)CNc2cc(F)cc(F)c2)CCS(=O)(=O)C1. The number of amides is 1. The Hall–Kier alpha value is -1.70. The first-order valence-corrected chi connectivity index (χ1v) is 8.21. The van der Waals surface area contributed by atoms with Gasteiger partial charge in [-0.05, 0) is 25.5 Å². The first-order valence-electron chi connectivity index (χ1n) is 6.39. The molecule has 1 aromatic carbocycles. The Morgan fingerprint density at radius 1 is 1.29 bits per heavy atom. The fourth-order valence-corrected chi connectivity index (χ4v) is 4.42. The van der Waals surface area contributed by atoms with Crippen molar-refractivity contribution in [2.75, 3.05) is 23.4 Å². The molecule has 8 heteroatoms. The Labute approximate surface area is 121 Å². The van der Waals surface area contributed by atoms with Crippen LogP contribution in [0.1, 0.15) is 13.3 Å². The Balaban J connectivity index is 1.91. The van der Waals surface area contributed by atoms with Gasteiger partial charge in [-0.3, -0.25) is 4.79 Å². The van der Waals surface area contributed by atoms with Gasteiger partial charge in [-0.2, -0.15) is 0 Å². The molecule has 0 saturated carbocycles. The highest BCUT2D eigenvalue weighted by Gasteiger charge is 2.39. The van der Waals surface area contributed by atoms with Gasteiger partial charge in [0.25, 0.3) is 0 Å². The van der Waals surface area contributed by atoms with Gasteiger partial charge in [-0.15, -0.1) is 0 Å². The lowest BCUT2D eigenvalue weighted by molar-refractivity contribution is -0.120. The van der Waals surface area contributed by atoms with Crippen molar-refractivity contribution in [3.05, 3.63) is 29.8 Å². The summed E-state index contributed by atoms with van der Waals surface area (Å²) in [5.41, 5.74) is -0.642. The number of hydrogen-bond acceptors (Lipinski definition) is 4. The largest absolute Gasteiger partial charge is 0.376 e. The van der Waals surface area contributed by atoms with Crippen molar-refractivity contribution in [2.45, 2.75) is 18.9 Å². The van der Waals surface area contributed by atoms with Gasteiger partial charge in [0.15, 0.2) is 9.84 Å². The number of carbonyl (C=O) groups is 1. The molecular formula is C13H16F2N2O3S. The molecule has 1 aromatic rings. The van der Waals surface area contributed by atoms with Crippen LogP contribution in [0.5, 0.6) is 0 Å². The van der Waals surface area contributed by atoms with Crippen LogP contribution in [0.15, 0.2) is 18.2 Å². The van der Waals surface area contributed by atoms with E-state index in [0.29, 0.717) is 6.42 Å². The zero-order chi connectivity index (χ0) is 15.7. The van der Waals surface area contributed by atoms with E-state index in [4.69, 9.17) is 0 Å². The molecule has 21 heavy (non-hydrogen) atoms. The summed E-state index contributed by atoms with van der Waals surface area (Å²) in [6.07, 6.45) is 0.357. The van der Waals surface area contributed by atoms with Crippen LogP contribution in [0.25, 0.3) is 0 Å². The highest BCUT2D eigenvalue weighted by atomic mass is 32.2. The van der Waals surface area contributed by atoms with Gasteiger partial charge in [0.1, 0.15) is 11.6 Å². The van der Waals surface area contributed by atoms with E-state index in [9.17, 15) is 22.0 Å². The number of carbonyl (C=O) groups excluding carboxylic acids is 1. The van der Waals surface area contributed by atoms with Gasteiger partial charge >= 0.3 is 0 Å². The summed E-state index contributed by atoms with van der Waals surface area (Å²) in [4.78, 5) is 11.8. The fourth-order valence-electron chi connectivity index (χ4n) is 2.33. The number of sulfone groups is 1. The average Bonchev–Trinajstić information content (AvgIpc) is 2.59. The second kappa shape index (κ2) is 5.59. The summed E-state index contributed by atoms with van der Waals surface area (Å²) < 4.78 is 48.8. The molecule has 0 aliphatic carbocycles. The lowest BCUT2D eigenvalue weighted by atomic mass is 10.0. The van der Waals surface area contributed by atoms with Gasteiger partial charge in [0.05, 0.1) is 23.6 Å². The number of anilines is 1. The zero-order valence-corrected chi connectivity index (χ0v) is 12.3. The Morgan fingerprint density at radius 3 is 2.43 bits per heavy atom. The predicted molar refractivity (Wildman–Crippen MR) is 74.7 cm³/mol. The highest BCUT2D eigenvalue weighted by Crippen LogP contribution is 2.22. The molecular weight excluding hydrogens is 302 g/mol. The summed E-state index contributed by atoms with van der Waals surface area (Å²) >= 11 is 0. The third-order valence-corrected chi connectivity index (χ3v) is 5.16. The maximum Gasteiger partial charge on any atom is 0.239 e. The van der Waals surface area contributed by atoms with Crippen molar-refractivity contribution in [3.8, 4) is 0 Å². The molecule has 1 atom stereocenters. The predicted octanol–water partition coefficient (Wildman–Crippen LogP) is 1.07. The van der Waals surface area contributed by atoms with E-state index in [2.05, 4.69) is 10.6 Å². The van der Waals surface area contributed by atoms with E-state index < -0.39 is 32.9 Å². The topological polar surface area (TPSA) is 75.3 Å². The highest BCUT2D eigenvalue weighted by molar-refractivity contribution is 7.91. The Kier molecular flexibility index (Phi) is 4.18. The van der Waals surface area contributed by atoms with E-state index in [0.717, 1.165) is 18.2 Å². The van der Waals surface area contributed by atoms with Gasteiger partial charge in [-0.25, -0.2) is 17.2 Å². The average molecular weight is 318 g/mol. The van der Waals surface area contributed by atoms with Crippen molar-refractivity contribution in [2.24, 2.45) is 0 Å². The molecule has 1 aliphatic rings. The summed E-state index contributed by atoms with van der Waals surface area (Å²) in [6, 6.07) is 2.87. The standard InChI is InChI=1S/C13H16F2N2O3S/c1-13(2-3-21(19,20)8-13)17-12(18)7-16-11-5-9(14)4-10(15)6-11/h4-6,16H,2-3,7-8H2,1H3,(H,17,18). The van der Waals surface area contributed by atoms with E-state index in [1.54, 1.807) is 6.92 Å². The van der Waals surface area contributed by atoms with Crippen LogP contribution in [0.4, 0.5) is 14.5 Å². The molecule has 2 rings (SSSR count). The van der Waals surface area contributed by atoms with Crippen molar-refractivity contribution in [1.82, 2.24) is 5.32 Å². The first kappa shape index (κ1) is 15.7. The first-order chi connectivity index (χ1) is 9.67. The molecule has 1 saturated heterocycles. The maximum absolute atomic E-state index is 13.0. The van der Waals surface area contributed by atoms with E-state index >= 15 is 0 Å². The van der Waals surface area contributed by atoms with Crippen molar-refractivity contribution in [1.29, 1.82) is 0 Å². The lowest BCUT2D eigenvalue weighted by Crippen LogP contribution is -2.48. The summed E-state index contributed by atoms with van der Waals surface area (Å²) in [5, 5.41) is 5.24. The minimum atomic E-state index is -3.11. The van der Waals surface area contributed by atoms with E-state index in [-0.39, 0.29) is 23.7 Å². The molecule has 0 aromatic heterocycles. The Morgan fingerprint density at radius 2 is 1.90 bits per heavy atom. The van der Waals surface area contributed by atoms with Gasteiger partial charge in [0.2, 0.25) is 5.91 Å². The molecule has 1 aliphatic heterocycles. The molecule has 1 amide bonds. The van der Waals surface area contributed by atoms with Crippen LogP contribution >= 0.6 is 0 Å². The number of hydrogen-bond donors (Lipinski definition) is 2. The zero-order valence-electron chi connectivity index (χ0n) is 11.4. The smallest absolute Gasteiger partial charge is 0.239 e. The third kappa shape index (κ3) is 4.38. The molecule has 1 unspecified atom stereocenters. The fraction of sp³-hybridized carbons (Fsp3) is 0.462. The number of rotatable bonds is 4. The van der Waals surface area contributed by atoms with E-state index in [1.807, 2.05) is 0 Å². The summed E-state index contributed by atoms with van der Waals surface area (Å²) in [6.45, 7) is 1.47. The van der Waals surface area contributed by atoms with Crippen molar-refractivity contribution >= 4 is 21.4 Å². The van der Waals surface area contributed by atoms with Gasteiger partial charge < -0.3 is 10.6 Å². The van der Waals surface area contributed by atoms with Crippen LogP contribution in [0.3, 0.4) is 0 Å². The van der Waals surface area contributed by atoms with Crippen LogP contribution < -0.4 is 10.6 Å². The molecule has 5 nitrogen and oxygen atoms in total. The van der Waals surface area contributed by atoms with Gasteiger partial charge in [0, 0.05) is 11.8 Å². The molecule has 0 spiro atoms. The van der Waals surface area contributed by atoms with Crippen molar-refractivity contribution in [3.63, 3.8) is 0 Å². The van der Waals surface area contributed by atoms with Gasteiger partial charge in [-0.1, -0.05) is 0 Å². The molecule has 1 heterocycles. The number of benzene rings is 1. The van der Waals surface area contributed by atoms with Crippen LogP contribution in [0.2, 0.25) is 0 Å². The molecule has 2 N–H and O–H groups in total. The van der Waals surface area contributed by atoms with Crippen LogP contribution in [0, 0.1) is 11.6 Å². The maximum atomic E-state index is 13.0. The van der Waals surface area contributed by atoms with E-state index in [1.165, 1.54) is 0 Å². The molecule has 1 fully saturated rings. The summed E-state index contributed by atoms with van der Waals surface area (Å²) in [5.74, 6) is -1.97. The number of halogens is 2. The molecule has 0 radical (unpaired) electrons. The Bertz CT molecular complexity index is 643. The minimum absolute atomic E-state index is 0.0479. The van der Waals surface area contributed by atoms with Crippen LogP contribution in [-0.4, -0.2) is 37.9 Å². The number of nitrogens with one attached hydrogen (secondary N) is 2. The normalized spacial score (nSPS) is 23.8. The second-order valence-corrected chi connectivity index (χ2v) is 7.65. The quantitative estimate of drug-likeness (QED) is 0.871.